The summed E-state index contributed by atoms with van der Waals surface area (Å²) < 4.78 is 62.5. The van der Waals surface area contributed by atoms with Gasteiger partial charge in [-0.1, -0.05) is 12.8 Å². The van der Waals surface area contributed by atoms with E-state index in [-0.39, 0.29) is 19.6 Å². The number of nitrogens with one attached hydrogen (secondary N) is 1. The quantitative estimate of drug-likeness (QED) is 0.473. The lowest BCUT2D eigenvalue weighted by molar-refractivity contribution is -0.231. The molecule has 168 valence electrons. The van der Waals surface area contributed by atoms with Crippen LogP contribution in [0.1, 0.15) is 45.4 Å². The fraction of sp³-hybridized carbons (Fsp3) is 0.684. The smallest absolute Gasteiger partial charge is 0.363 e. The fourth-order valence-electron chi connectivity index (χ4n) is 2.93. The molecule has 1 N–H and O–H groups in total. The molecule has 30 heavy (non-hydrogen) atoms. The molecule has 1 saturated heterocycles. The third-order valence-corrected chi connectivity index (χ3v) is 4.39. The van der Waals surface area contributed by atoms with E-state index >= 15 is 0 Å². The summed E-state index contributed by atoms with van der Waals surface area (Å²) in [5, 5.41) is 0. The van der Waals surface area contributed by atoms with Gasteiger partial charge in [-0.3, -0.25) is 14.3 Å². The third kappa shape index (κ3) is 6.18. The minimum Gasteiger partial charge on any atom is -0.363 e. The minimum absolute atomic E-state index is 0.00726. The van der Waals surface area contributed by atoms with Crippen LogP contribution in [0.3, 0.4) is 0 Å². The highest BCUT2D eigenvalue weighted by Crippen LogP contribution is 2.32. The second-order valence-electron chi connectivity index (χ2n) is 7.18. The van der Waals surface area contributed by atoms with Crippen LogP contribution in [0.5, 0.6) is 0 Å². The van der Waals surface area contributed by atoms with E-state index in [1.54, 1.807) is 18.8 Å². The number of halogens is 3. The summed E-state index contributed by atoms with van der Waals surface area (Å²) in [6.45, 7) is 5.80. The summed E-state index contributed by atoms with van der Waals surface area (Å²) in [4.78, 5) is 25.3. The highest BCUT2D eigenvalue weighted by Gasteiger charge is 2.41. The monoisotopic (exact) mass is 434 g/mol. The zero-order chi connectivity index (χ0) is 22.5. The molecule has 3 atom stereocenters. The summed E-state index contributed by atoms with van der Waals surface area (Å²) in [6, 6.07) is 0. The van der Waals surface area contributed by atoms with Crippen molar-refractivity contribution in [3.8, 4) is 12.3 Å². The molecule has 0 aliphatic carbocycles. The lowest BCUT2D eigenvalue weighted by Crippen LogP contribution is -2.37. The van der Waals surface area contributed by atoms with Crippen molar-refractivity contribution in [3.05, 3.63) is 32.6 Å². The fourth-order valence-corrected chi connectivity index (χ4v) is 2.93. The first-order chi connectivity index (χ1) is 14.0. The van der Waals surface area contributed by atoms with E-state index in [0.29, 0.717) is 17.4 Å². The molecule has 1 aliphatic rings. The number of hydrogen-bond acceptors (Lipinski definition) is 6. The Hall–Kier alpha value is -2.13. The maximum atomic E-state index is 13.1. The van der Waals surface area contributed by atoms with Crippen LogP contribution in [0, 0.1) is 12.3 Å². The molecule has 0 amide bonds. The molecule has 0 spiro atoms. The maximum absolute atomic E-state index is 13.1. The van der Waals surface area contributed by atoms with Crippen LogP contribution in [0.25, 0.3) is 0 Å². The normalized spacial score (nSPS) is 22.2. The number of aromatic amines is 1. The van der Waals surface area contributed by atoms with Crippen LogP contribution in [-0.4, -0.2) is 47.4 Å². The third-order valence-electron chi connectivity index (χ3n) is 4.39. The molecule has 0 radical (unpaired) electrons. The maximum Gasteiger partial charge on any atom is 0.423 e. The van der Waals surface area contributed by atoms with Crippen LogP contribution in [-0.2, 0) is 25.1 Å². The molecular formula is C19H25F3N2O6. The van der Waals surface area contributed by atoms with Crippen molar-refractivity contribution >= 4 is 0 Å². The van der Waals surface area contributed by atoms with E-state index in [9.17, 15) is 22.8 Å². The summed E-state index contributed by atoms with van der Waals surface area (Å²) in [5.41, 5.74) is -4.04. The van der Waals surface area contributed by atoms with E-state index in [1.807, 2.05) is 6.92 Å². The molecule has 2 rings (SSSR count). The van der Waals surface area contributed by atoms with E-state index in [2.05, 4.69) is 5.92 Å². The Kier molecular flexibility index (Phi) is 7.87. The molecule has 2 heterocycles. The van der Waals surface area contributed by atoms with Gasteiger partial charge in [0.1, 0.15) is 24.5 Å². The van der Waals surface area contributed by atoms with Crippen molar-refractivity contribution in [2.45, 2.75) is 64.0 Å². The van der Waals surface area contributed by atoms with E-state index in [0.717, 1.165) is 6.42 Å². The van der Waals surface area contributed by atoms with Crippen molar-refractivity contribution in [2.75, 3.05) is 19.8 Å². The standard InChI is InChI=1S/C19H25F3N2O6/c1-5-7-27-13-9-15(30-14(13)11-29-18(3,4)28-8-6-2)24-10-12(19(20,21)22)16(25)23-17(24)26/h1,10,13-15H,6-9,11H2,2-4H3,(H,23,25,26)/t13-,14+,15+/m0/s1. The van der Waals surface area contributed by atoms with Crippen LogP contribution in [0.15, 0.2) is 15.8 Å². The Bertz CT molecular complexity index is 871. The number of ether oxygens (including phenoxy) is 4. The van der Waals surface area contributed by atoms with E-state index in [1.165, 1.54) is 0 Å². The van der Waals surface area contributed by atoms with Crippen molar-refractivity contribution < 1.29 is 32.1 Å². The highest BCUT2D eigenvalue weighted by atomic mass is 19.4. The number of nitrogens with zero attached hydrogens (tertiary/aromatic N) is 1. The molecule has 1 aromatic rings. The van der Waals surface area contributed by atoms with Gasteiger partial charge >= 0.3 is 11.9 Å². The molecule has 8 nitrogen and oxygen atoms in total. The van der Waals surface area contributed by atoms with Gasteiger partial charge in [0.25, 0.3) is 5.56 Å². The van der Waals surface area contributed by atoms with Gasteiger partial charge in [0.05, 0.1) is 12.7 Å². The number of alkyl halides is 3. The average Bonchev–Trinajstić information content (AvgIpc) is 3.05. The molecule has 0 saturated carbocycles. The molecule has 1 fully saturated rings. The van der Waals surface area contributed by atoms with Crippen LogP contribution >= 0.6 is 0 Å². The second kappa shape index (κ2) is 9.78. The Morgan fingerprint density at radius 1 is 1.33 bits per heavy atom. The second-order valence-corrected chi connectivity index (χ2v) is 7.18. The SMILES string of the molecule is C#CCO[C@H]1C[C@H](n2cc(C(F)(F)F)c(=O)[nH]c2=O)O[C@@H]1COC(C)(C)OCCC. The Balaban J connectivity index is 2.22. The Morgan fingerprint density at radius 2 is 2.03 bits per heavy atom. The summed E-state index contributed by atoms with van der Waals surface area (Å²) in [6.07, 6.45) is -0.899. The van der Waals surface area contributed by atoms with Crippen molar-refractivity contribution in [1.29, 1.82) is 0 Å². The van der Waals surface area contributed by atoms with Gasteiger partial charge in [0.2, 0.25) is 0 Å². The van der Waals surface area contributed by atoms with Crippen molar-refractivity contribution in [3.63, 3.8) is 0 Å². The number of H-pyrrole nitrogens is 1. The zero-order valence-corrected chi connectivity index (χ0v) is 17.0. The van der Waals surface area contributed by atoms with Crippen LogP contribution < -0.4 is 11.2 Å². The Labute approximate surface area is 171 Å². The van der Waals surface area contributed by atoms with Crippen LogP contribution in [0.4, 0.5) is 13.2 Å². The van der Waals surface area contributed by atoms with Gasteiger partial charge < -0.3 is 18.9 Å². The minimum atomic E-state index is -4.93. The summed E-state index contributed by atoms with van der Waals surface area (Å²) >= 11 is 0. The predicted molar refractivity (Wildman–Crippen MR) is 99.7 cm³/mol. The number of hydrogen-bond donors (Lipinski definition) is 1. The predicted octanol–water partition coefficient (Wildman–Crippen LogP) is 2.04. The van der Waals surface area contributed by atoms with Gasteiger partial charge in [0.15, 0.2) is 5.79 Å². The summed E-state index contributed by atoms with van der Waals surface area (Å²) in [5.74, 6) is 1.39. The van der Waals surface area contributed by atoms with E-state index < -0.39 is 47.2 Å². The molecule has 0 unspecified atom stereocenters. The number of rotatable bonds is 9. The topological polar surface area (TPSA) is 91.8 Å². The molecule has 1 aromatic heterocycles. The van der Waals surface area contributed by atoms with Gasteiger partial charge in [-0.2, -0.15) is 13.2 Å². The summed E-state index contributed by atoms with van der Waals surface area (Å²) in [7, 11) is 0. The average molecular weight is 434 g/mol. The first kappa shape index (κ1) is 24.1. The number of terminal acetylenes is 1. The molecule has 11 heteroatoms. The lowest BCUT2D eigenvalue weighted by atomic mass is 10.2. The molecule has 0 aromatic carbocycles. The highest BCUT2D eigenvalue weighted by molar-refractivity contribution is 5.09. The first-order valence-corrected chi connectivity index (χ1v) is 9.39. The van der Waals surface area contributed by atoms with Gasteiger partial charge in [-0.25, -0.2) is 4.79 Å². The number of aromatic nitrogens is 2. The zero-order valence-electron chi connectivity index (χ0n) is 17.0. The van der Waals surface area contributed by atoms with Gasteiger partial charge in [-0.05, 0) is 20.3 Å². The van der Waals surface area contributed by atoms with Crippen LogP contribution in [0.2, 0.25) is 0 Å². The first-order valence-electron chi connectivity index (χ1n) is 9.39. The lowest BCUT2D eigenvalue weighted by Gasteiger charge is -2.28. The van der Waals surface area contributed by atoms with Gasteiger partial charge in [0, 0.05) is 19.2 Å². The van der Waals surface area contributed by atoms with E-state index in [4.69, 9.17) is 25.4 Å². The van der Waals surface area contributed by atoms with Gasteiger partial charge in [-0.15, -0.1) is 6.42 Å². The molecule has 1 aliphatic heterocycles. The van der Waals surface area contributed by atoms with Crippen molar-refractivity contribution in [2.24, 2.45) is 0 Å². The largest absolute Gasteiger partial charge is 0.423 e. The molecule has 0 bridgehead atoms. The molecular weight excluding hydrogens is 409 g/mol. The van der Waals surface area contributed by atoms with Crippen molar-refractivity contribution in [1.82, 2.24) is 9.55 Å². The Morgan fingerprint density at radius 3 is 2.63 bits per heavy atom.